The van der Waals surface area contributed by atoms with E-state index in [1.807, 2.05) is 23.1 Å². The second kappa shape index (κ2) is 6.37. The Morgan fingerprint density at radius 3 is 2.63 bits per heavy atom. The Bertz CT molecular complexity index is 508. The van der Waals surface area contributed by atoms with Crippen molar-refractivity contribution in [2.45, 2.75) is 0 Å². The van der Waals surface area contributed by atoms with Crippen LogP contribution >= 0.6 is 0 Å². The highest BCUT2D eigenvalue weighted by Gasteiger charge is 2.21. The molecule has 1 heterocycles. The Hall–Kier alpha value is -1.83. The summed E-state index contributed by atoms with van der Waals surface area (Å²) in [6.07, 6.45) is 0. The molecule has 1 aromatic rings. The van der Waals surface area contributed by atoms with Crippen molar-refractivity contribution in [1.29, 1.82) is 0 Å². The molecule has 1 N–H and O–H groups in total. The topological polar surface area (TPSA) is 43.8 Å². The summed E-state index contributed by atoms with van der Waals surface area (Å²) in [7, 11) is 2.06. The van der Waals surface area contributed by atoms with Gasteiger partial charge < -0.3 is 14.9 Å². The minimum atomic E-state index is -0.197. The van der Waals surface area contributed by atoms with Gasteiger partial charge in [-0.2, -0.15) is 0 Å². The van der Waals surface area contributed by atoms with E-state index in [2.05, 4.69) is 23.8 Å². The van der Waals surface area contributed by atoms with Gasteiger partial charge in [-0.3, -0.25) is 4.79 Å². The molecule has 1 aliphatic heterocycles. The summed E-state index contributed by atoms with van der Waals surface area (Å²) >= 11 is 0. The summed E-state index contributed by atoms with van der Waals surface area (Å²) in [5, 5.41) is 8.76. The fraction of sp³-hybridized carbons (Fsp3) is 0.400. The summed E-state index contributed by atoms with van der Waals surface area (Å²) in [6.45, 7) is 3.09. The monoisotopic (exact) mass is 258 g/mol. The third-order valence-corrected chi connectivity index (χ3v) is 3.25. The minimum absolute atomic E-state index is 0.0240. The van der Waals surface area contributed by atoms with Crippen LogP contribution in [0.4, 0.5) is 0 Å². The second-order valence-corrected chi connectivity index (χ2v) is 4.60. The zero-order valence-corrected chi connectivity index (χ0v) is 11.1. The van der Waals surface area contributed by atoms with E-state index in [9.17, 15) is 4.79 Å². The molecule has 0 spiro atoms. The molecule has 2 rings (SSSR count). The van der Waals surface area contributed by atoms with Crippen LogP contribution in [0.15, 0.2) is 24.3 Å². The lowest BCUT2D eigenvalue weighted by molar-refractivity contribution is 0.0664. The molecule has 0 aromatic heterocycles. The molecule has 0 radical (unpaired) electrons. The number of benzene rings is 1. The summed E-state index contributed by atoms with van der Waals surface area (Å²) in [4.78, 5) is 16.5. The first-order chi connectivity index (χ1) is 9.22. The summed E-state index contributed by atoms with van der Waals surface area (Å²) < 4.78 is 0. The SMILES string of the molecule is CN1CCN(C(=O)c2ccccc2C#CCO)CC1. The second-order valence-electron chi connectivity index (χ2n) is 4.60. The van der Waals surface area contributed by atoms with E-state index < -0.39 is 0 Å². The fourth-order valence-electron chi connectivity index (χ4n) is 2.09. The summed E-state index contributed by atoms with van der Waals surface area (Å²) in [5.41, 5.74) is 1.30. The molecule has 0 saturated carbocycles. The maximum atomic E-state index is 12.5. The number of aliphatic hydroxyl groups is 1. The van der Waals surface area contributed by atoms with Crippen molar-refractivity contribution in [2.75, 3.05) is 39.8 Å². The number of carbonyl (C=O) groups is 1. The third kappa shape index (κ3) is 3.34. The number of nitrogens with zero attached hydrogens (tertiary/aromatic N) is 2. The zero-order valence-electron chi connectivity index (χ0n) is 11.1. The molecule has 4 nitrogen and oxygen atoms in total. The smallest absolute Gasteiger partial charge is 0.255 e. The van der Waals surface area contributed by atoms with Crippen molar-refractivity contribution in [3.05, 3.63) is 35.4 Å². The number of likely N-dealkylation sites (N-methyl/N-ethyl adjacent to an activating group) is 1. The molecule has 1 saturated heterocycles. The maximum absolute atomic E-state index is 12.5. The lowest BCUT2D eigenvalue weighted by Crippen LogP contribution is -2.47. The molecule has 4 heteroatoms. The van der Waals surface area contributed by atoms with Crippen LogP contribution in [0.2, 0.25) is 0 Å². The van der Waals surface area contributed by atoms with E-state index >= 15 is 0 Å². The van der Waals surface area contributed by atoms with Crippen LogP contribution in [0, 0.1) is 11.8 Å². The van der Waals surface area contributed by atoms with Gasteiger partial charge in [0.15, 0.2) is 0 Å². The van der Waals surface area contributed by atoms with Crippen LogP contribution < -0.4 is 0 Å². The highest BCUT2D eigenvalue weighted by atomic mass is 16.2. The van der Waals surface area contributed by atoms with Crippen LogP contribution in [0.25, 0.3) is 0 Å². The van der Waals surface area contributed by atoms with Gasteiger partial charge in [0.05, 0.1) is 5.56 Å². The third-order valence-electron chi connectivity index (χ3n) is 3.25. The molecule has 19 heavy (non-hydrogen) atoms. The number of amides is 1. The Labute approximate surface area is 113 Å². The molecule has 100 valence electrons. The van der Waals surface area contributed by atoms with Crippen LogP contribution in [0.3, 0.4) is 0 Å². The highest BCUT2D eigenvalue weighted by molar-refractivity contribution is 5.96. The van der Waals surface area contributed by atoms with Gasteiger partial charge in [0.25, 0.3) is 5.91 Å². The van der Waals surface area contributed by atoms with E-state index in [4.69, 9.17) is 5.11 Å². The predicted molar refractivity (Wildman–Crippen MR) is 73.8 cm³/mol. The quantitative estimate of drug-likeness (QED) is 0.742. The van der Waals surface area contributed by atoms with Crippen LogP contribution in [0.1, 0.15) is 15.9 Å². The van der Waals surface area contributed by atoms with E-state index in [0.29, 0.717) is 11.1 Å². The first kappa shape index (κ1) is 13.6. The summed E-state index contributed by atoms with van der Waals surface area (Å²) in [5.74, 6) is 5.45. The first-order valence-electron chi connectivity index (χ1n) is 6.39. The molecule has 1 fully saturated rings. The maximum Gasteiger partial charge on any atom is 0.255 e. The largest absolute Gasteiger partial charge is 0.384 e. The van der Waals surface area contributed by atoms with Gasteiger partial charge in [-0.15, -0.1) is 0 Å². The fourth-order valence-corrected chi connectivity index (χ4v) is 2.09. The Morgan fingerprint density at radius 2 is 1.95 bits per heavy atom. The van der Waals surface area contributed by atoms with Crippen molar-refractivity contribution >= 4 is 5.91 Å². The van der Waals surface area contributed by atoms with Gasteiger partial charge in [0, 0.05) is 31.7 Å². The van der Waals surface area contributed by atoms with Crippen LogP contribution in [0.5, 0.6) is 0 Å². The lowest BCUT2D eigenvalue weighted by atomic mass is 10.1. The number of rotatable bonds is 1. The molecular weight excluding hydrogens is 240 g/mol. The first-order valence-corrected chi connectivity index (χ1v) is 6.39. The molecule has 1 aliphatic rings. The molecule has 0 unspecified atom stereocenters. The van der Waals surface area contributed by atoms with Gasteiger partial charge in [-0.05, 0) is 19.2 Å². The molecule has 0 atom stereocenters. The van der Waals surface area contributed by atoms with Crippen molar-refractivity contribution in [3.63, 3.8) is 0 Å². The van der Waals surface area contributed by atoms with E-state index in [1.165, 1.54) is 0 Å². The number of piperazine rings is 1. The Morgan fingerprint density at radius 1 is 1.26 bits per heavy atom. The normalized spacial score (nSPS) is 15.8. The van der Waals surface area contributed by atoms with Gasteiger partial charge in [0.2, 0.25) is 0 Å². The molecular formula is C15H18N2O2. The van der Waals surface area contributed by atoms with E-state index in [-0.39, 0.29) is 12.5 Å². The lowest BCUT2D eigenvalue weighted by Gasteiger charge is -2.32. The average molecular weight is 258 g/mol. The van der Waals surface area contributed by atoms with Gasteiger partial charge >= 0.3 is 0 Å². The van der Waals surface area contributed by atoms with Gasteiger partial charge in [-0.25, -0.2) is 0 Å². The van der Waals surface area contributed by atoms with Gasteiger partial charge in [0.1, 0.15) is 6.61 Å². The van der Waals surface area contributed by atoms with Gasteiger partial charge in [-0.1, -0.05) is 24.0 Å². The van der Waals surface area contributed by atoms with Crippen molar-refractivity contribution in [3.8, 4) is 11.8 Å². The van der Waals surface area contributed by atoms with Crippen molar-refractivity contribution in [2.24, 2.45) is 0 Å². The van der Waals surface area contributed by atoms with Crippen LogP contribution in [-0.4, -0.2) is 60.6 Å². The standard InChI is InChI=1S/C15H18N2O2/c1-16-8-10-17(11-9-16)15(19)14-7-3-2-5-13(14)6-4-12-18/h2-3,5,7,18H,8-12H2,1H3. The zero-order chi connectivity index (χ0) is 13.7. The molecule has 0 bridgehead atoms. The molecule has 1 amide bonds. The predicted octanol–water partition coefficient (Wildman–Crippen LogP) is 0.418. The summed E-state index contributed by atoms with van der Waals surface area (Å²) in [6, 6.07) is 7.30. The van der Waals surface area contributed by atoms with E-state index in [0.717, 1.165) is 26.2 Å². The molecule has 1 aromatic carbocycles. The van der Waals surface area contributed by atoms with Crippen molar-refractivity contribution < 1.29 is 9.90 Å². The Kier molecular flexibility index (Phi) is 4.56. The van der Waals surface area contributed by atoms with Crippen molar-refractivity contribution in [1.82, 2.24) is 9.80 Å². The molecule has 0 aliphatic carbocycles. The Balaban J connectivity index is 2.19. The van der Waals surface area contributed by atoms with E-state index in [1.54, 1.807) is 6.07 Å². The number of aliphatic hydroxyl groups excluding tert-OH is 1. The minimum Gasteiger partial charge on any atom is -0.384 e. The number of hydrogen-bond donors (Lipinski definition) is 1. The van der Waals surface area contributed by atoms with Crippen LogP contribution in [-0.2, 0) is 0 Å². The number of hydrogen-bond acceptors (Lipinski definition) is 3. The number of carbonyl (C=O) groups excluding carboxylic acids is 1. The highest BCUT2D eigenvalue weighted by Crippen LogP contribution is 2.12. The average Bonchev–Trinajstić information content (AvgIpc) is 2.45.